The van der Waals surface area contributed by atoms with E-state index in [1.807, 2.05) is 19.1 Å². The fraction of sp³-hybridized carbons (Fsp3) is 0.300. The van der Waals surface area contributed by atoms with Crippen LogP contribution in [0.2, 0.25) is 0 Å². The van der Waals surface area contributed by atoms with Crippen molar-refractivity contribution in [1.82, 2.24) is 0 Å². The van der Waals surface area contributed by atoms with Crippen molar-refractivity contribution in [3.63, 3.8) is 0 Å². The minimum absolute atomic E-state index is 0.263. The standard InChI is InChI=1S/C10H11BrO2/c1-3-13-10(12)9-6-8(11)5-4-7(9)2/h4-6H,3H2,1-2H3. The summed E-state index contributed by atoms with van der Waals surface area (Å²) in [5.74, 6) is -0.263. The Morgan fingerprint density at radius 3 is 2.85 bits per heavy atom. The van der Waals surface area contributed by atoms with Crippen LogP contribution in [0.3, 0.4) is 0 Å². The summed E-state index contributed by atoms with van der Waals surface area (Å²) in [5.41, 5.74) is 1.55. The lowest BCUT2D eigenvalue weighted by atomic mass is 10.1. The topological polar surface area (TPSA) is 26.3 Å². The molecule has 0 aliphatic heterocycles. The maximum absolute atomic E-state index is 11.4. The zero-order chi connectivity index (χ0) is 9.84. The second-order valence-corrected chi connectivity index (χ2v) is 3.60. The van der Waals surface area contributed by atoms with Gasteiger partial charge in [0.15, 0.2) is 0 Å². The summed E-state index contributed by atoms with van der Waals surface area (Å²) in [7, 11) is 0. The molecule has 0 bridgehead atoms. The van der Waals surface area contributed by atoms with Crippen molar-refractivity contribution < 1.29 is 9.53 Å². The first-order valence-electron chi connectivity index (χ1n) is 4.08. The quantitative estimate of drug-likeness (QED) is 0.746. The number of halogens is 1. The smallest absolute Gasteiger partial charge is 0.338 e. The number of benzene rings is 1. The molecule has 0 amide bonds. The van der Waals surface area contributed by atoms with Crippen molar-refractivity contribution in [1.29, 1.82) is 0 Å². The maximum atomic E-state index is 11.4. The number of carbonyl (C=O) groups is 1. The Morgan fingerprint density at radius 1 is 1.54 bits per heavy atom. The van der Waals surface area contributed by atoms with Gasteiger partial charge >= 0.3 is 5.97 Å². The molecule has 0 aliphatic rings. The molecule has 0 heterocycles. The third kappa shape index (κ3) is 2.56. The Kier molecular flexibility index (Phi) is 3.48. The summed E-state index contributed by atoms with van der Waals surface area (Å²) in [4.78, 5) is 11.4. The molecule has 3 heteroatoms. The number of esters is 1. The Morgan fingerprint density at radius 2 is 2.23 bits per heavy atom. The Balaban J connectivity index is 2.99. The summed E-state index contributed by atoms with van der Waals surface area (Å²) in [6, 6.07) is 5.56. The lowest BCUT2D eigenvalue weighted by Crippen LogP contribution is -2.06. The maximum Gasteiger partial charge on any atom is 0.338 e. The van der Waals surface area contributed by atoms with Gasteiger partial charge in [-0.3, -0.25) is 0 Å². The third-order valence-electron chi connectivity index (χ3n) is 1.69. The van der Waals surface area contributed by atoms with Gasteiger partial charge in [-0.1, -0.05) is 22.0 Å². The van der Waals surface area contributed by atoms with Crippen LogP contribution in [-0.2, 0) is 4.74 Å². The van der Waals surface area contributed by atoms with Crippen molar-refractivity contribution in [2.24, 2.45) is 0 Å². The molecular formula is C10H11BrO2. The summed E-state index contributed by atoms with van der Waals surface area (Å²) < 4.78 is 5.79. The molecule has 0 aliphatic carbocycles. The monoisotopic (exact) mass is 242 g/mol. The van der Waals surface area contributed by atoms with Gasteiger partial charge in [-0.25, -0.2) is 4.79 Å². The molecular weight excluding hydrogens is 232 g/mol. The van der Waals surface area contributed by atoms with Gasteiger partial charge in [0.2, 0.25) is 0 Å². The fourth-order valence-corrected chi connectivity index (χ4v) is 1.38. The van der Waals surface area contributed by atoms with Crippen LogP contribution in [0.1, 0.15) is 22.8 Å². The van der Waals surface area contributed by atoms with E-state index < -0.39 is 0 Å². The molecule has 0 radical (unpaired) electrons. The number of hydrogen-bond acceptors (Lipinski definition) is 2. The predicted molar refractivity (Wildman–Crippen MR) is 54.8 cm³/mol. The molecule has 0 saturated heterocycles. The normalized spacial score (nSPS) is 9.77. The van der Waals surface area contributed by atoms with Crippen molar-refractivity contribution in [2.75, 3.05) is 6.61 Å². The minimum Gasteiger partial charge on any atom is -0.462 e. The first kappa shape index (κ1) is 10.3. The van der Waals surface area contributed by atoms with Gasteiger partial charge in [0.1, 0.15) is 0 Å². The molecule has 0 N–H and O–H groups in total. The molecule has 1 rings (SSSR count). The van der Waals surface area contributed by atoms with E-state index in [2.05, 4.69) is 15.9 Å². The van der Waals surface area contributed by atoms with Gasteiger partial charge in [0, 0.05) is 4.47 Å². The third-order valence-corrected chi connectivity index (χ3v) is 2.19. The first-order chi connectivity index (χ1) is 6.15. The summed E-state index contributed by atoms with van der Waals surface area (Å²) in [5, 5.41) is 0. The van der Waals surface area contributed by atoms with Crippen LogP contribution in [0.5, 0.6) is 0 Å². The summed E-state index contributed by atoms with van der Waals surface area (Å²) in [6.07, 6.45) is 0. The Hall–Kier alpha value is -0.830. The highest BCUT2D eigenvalue weighted by Gasteiger charge is 2.09. The average molecular weight is 243 g/mol. The largest absolute Gasteiger partial charge is 0.462 e. The predicted octanol–water partition coefficient (Wildman–Crippen LogP) is 2.93. The van der Waals surface area contributed by atoms with Crippen molar-refractivity contribution >= 4 is 21.9 Å². The van der Waals surface area contributed by atoms with Crippen LogP contribution in [-0.4, -0.2) is 12.6 Å². The van der Waals surface area contributed by atoms with E-state index in [1.165, 1.54) is 0 Å². The van der Waals surface area contributed by atoms with Crippen LogP contribution in [0.4, 0.5) is 0 Å². The van der Waals surface area contributed by atoms with E-state index in [-0.39, 0.29) is 5.97 Å². The summed E-state index contributed by atoms with van der Waals surface area (Å²) >= 11 is 3.31. The lowest BCUT2D eigenvalue weighted by Gasteiger charge is -2.05. The molecule has 70 valence electrons. The van der Waals surface area contributed by atoms with Crippen LogP contribution in [0, 0.1) is 6.92 Å². The fourth-order valence-electron chi connectivity index (χ4n) is 1.02. The molecule has 0 saturated carbocycles. The van der Waals surface area contributed by atoms with E-state index >= 15 is 0 Å². The van der Waals surface area contributed by atoms with Crippen LogP contribution in [0.25, 0.3) is 0 Å². The Labute approximate surface area is 86.0 Å². The van der Waals surface area contributed by atoms with Gasteiger partial charge in [-0.05, 0) is 31.5 Å². The second kappa shape index (κ2) is 4.42. The van der Waals surface area contributed by atoms with Crippen molar-refractivity contribution in [3.05, 3.63) is 33.8 Å². The SMILES string of the molecule is CCOC(=O)c1cc(Br)ccc1C. The van der Waals surface area contributed by atoms with E-state index in [4.69, 9.17) is 4.74 Å². The highest BCUT2D eigenvalue weighted by atomic mass is 79.9. The van der Waals surface area contributed by atoms with E-state index in [0.29, 0.717) is 12.2 Å². The number of carbonyl (C=O) groups excluding carboxylic acids is 1. The first-order valence-corrected chi connectivity index (χ1v) is 4.87. The van der Waals surface area contributed by atoms with Gasteiger partial charge in [0.05, 0.1) is 12.2 Å². The zero-order valence-electron chi connectivity index (χ0n) is 7.63. The number of rotatable bonds is 2. The minimum atomic E-state index is -0.263. The zero-order valence-corrected chi connectivity index (χ0v) is 9.22. The lowest BCUT2D eigenvalue weighted by molar-refractivity contribution is 0.0525. The van der Waals surface area contributed by atoms with Gasteiger partial charge < -0.3 is 4.74 Å². The Bertz CT molecular complexity index is 321. The molecule has 1 aromatic carbocycles. The number of ether oxygens (including phenoxy) is 1. The van der Waals surface area contributed by atoms with Gasteiger partial charge in [0.25, 0.3) is 0 Å². The molecule has 0 unspecified atom stereocenters. The number of aryl methyl sites for hydroxylation is 1. The molecule has 0 fully saturated rings. The summed E-state index contributed by atoms with van der Waals surface area (Å²) in [6.45, 7) is 4.09. The number of hydrogen-bond donors (Lipinski definition) is 0. The molecule has 0 atom stereocenters. The van der Waals surface area contributed by atoms with Crippen LogP contribution < -0.4 is 0 Å². The molecule has 0 spiro atoms. The van der Waals surface area contributed by atoms with E-state index in [0.717, 1.165) is 10.0 Å². The highest BCUT2D eigenvalue weighted by molar-refractivity contribution is 9.10. The second-order valence-electron chi connectivity index (χ2n) is 2.68. The molecule has 1 aromatic rings. The van der Waals surface area contributed by atoms with Crippen molar-refractivity contribution in [3.8, 4) is 0 Å². The van der Waals surface area contributed by atoms with Crippen LogP contribution in [0.15, 0.2) is 22.7 Å². The van der Waals surface area contributed by atoms with Gasteiger partial charge in [-0.2, -0.15) is 0 Å². The molecule has 0 aromatic heterocycles. The van der Waals surface area contributed by atoms with Crippen molar-refractivity contribution in [2.45, 2.75) is 13.8 Å². The molecule has 13 heavy (non-hydrogen) atoms. The van der Waals surface area contributed by atoms with E-state index in [1.54, 1.807) is 13.0 Å². The van der Waals surface area contributed by atoms with E-state index in [9.17, 15) is 4.79 Å². The molecule has 2 nitrogen and oxygen atoms in total. The highest BCUT2D eigenvalue weighted by Crippen LogP contribution is 2.16. The van der Waals surface area contributed by atoms with Crippen LogP contribution >= 0.6 is 15.9 Å². The average Bonchev–Trinajstić information content (AvgIpc) is 2.09. The van der Waals surface area contributed by atoms with Gasteiger partial charge in [-0.15, -0.1) is 0 Å².